The first-order valence-corrected chi connectivity index (χ1v) is 10.7. The van der Waals surface area contributed by atoms with Crippen molar-refractivity contribution in [2.45, 2.75) is 30.3 Å². The molecule has 2 amide bonds. The van der Waals surface area contributed by atoms with Crippen LogP contribution in [0.2, 0.25) is 0 Å². The second-order valence-electron chi connectivity index (χ2n) is 7.31. The molecular formula is C18H21F3N4O4S. The van der Waals surface area contributed by atoms with Gasteiger partial charge in [-0.3, -0.25) is 9.59 Å². The number of sulfonamides is 1. The smallest absolute Gasteiger partial charge is 0.362 e. The van der Waals surface area contributed by atoms with E-state index in [4.69, 9.17) is 0 Å². The molecule has 2 saturated heterocycles. The molecule has 0 radical (unpaired) electrons. The lowest BCUT2D eigenvalue weighted by Gasteiger charge is -2.18. The number of benzene rings is 1. The maximum atomic E-state index is 12.5. The van der Waals surface area contributed by atoms with Crippen molar-refractivity contribution in [1.82, 2.24) is 9.80 Å². The van der Waals surface area contributed by atoms with Crippen molar-refractivity contribution in [1.29, 1.82) is 0 Å². The third-order valence-electron chi connectivity index (χ3n) is 4.94. The monoisotopic (exact) mass is 446 g/mol. The van der Waals surface area contributed by atoms with Gasteiger partial charge < -0.3 is 15.1 Å². The summed E-state index contributed by atoms with van der Waals surface area (Å²) in [6, 6.07) is 5.32. The van der Waals surface area contributed by atoms with Gasteiger partial charge in [0.2, 0.25) is 11.8 Å². The molecule has 1 unspecified atom stereocenters. The van der Waals surface area contributed by atoms with Crippen molar-refractivity contribution in [3.63, 3.8) is 0 Å². The number of rotatable bonds is 5. The molecule has 1 aromatic rings. The summed E-state index contributed by atoms with van der Waals surface area (Å²) in [5, 5.41) is 2.51. The number of hydrogen-bond donors (Lipinski definition) is 1. The first-order valence-electron chi connectivity index (χ1n) is 9.25. The summed E-state index contributed by atoms with van der Waals surface area (Å²) in [5.74, 6) is -1.75. The van der Waals surface area contributed by atoms with Crippen LogP contribution >= 0.6 is 0 Å². The van der Waals surface area contributed by atoms with Crippen molar-refractivity contribution in [2.24, 2.45) is 10.3 Å². The molecular weight excluding hydrogens is 425 g/mol. The van der Waals surface area contributed by atoms with Gasteiger partial charge in [0.1, 0.15) is 12.4 Å². The van der Waals surface area contributed by atoms with Crippen molar-refractivity contribution in [2.75, 3.05) is 32.0 Å². The van der Waals surface area contributed by atoms with Gasteiger partial charge >= 0.3 is 6.18 Å². The minimum atomic E-state index is -4.53. The van der Waals surface area contributed by atoms with E-state index in [0.717, 1.165) is 13.0 Å². The van der Waals surface area contributed by atoms with Gasteiger partial charge in [-0.15, -0.1) is 4.40 Å². The van der Waals surface area contributed by atoms with Gasteiger partial charge in [-0.1, -0.05) is 0 Å². The molecule has 2 heterocycles. The molecule has 1 N–H and O–H groups in total. The Morgan fingerprint density at radius 1 is 1.27 bits per heavy atom. The van der Waals surface area contributed by atoms with Crippen molar-refractivity contribution in [3.8, 4) is 0 Å². The van der Waals surface area contributed by atoms with Crippen LogP contribution in [0.25, 0.3) is 0 Å². The van der Waals surface area contributed by atoms with Crippen molar-refractivity contribution in [3.05, 3.63) is 24.3 Å². The van der Waals surface area contributed by atoms with Crippen LogP contribution in [0.1, 0.15) is 19.3 Å². The molecule has 12 heteroatoms. The molecule has 0 spiro atoms. The molecule has 2 fully saturated rings. The lowest BCUT2D eigenvalue weighted by Crippen LogP contribution is -2.36. The molecule has 2 aliphatic rings. The number of carbonyl (C=O) groups is 2. The average molecular weight is 446 g/mol. The van der Waals surface area contributed by atoms with Crippen LogP contribution in [0, 0.1) is 5.92 Å². The van der Waals surface area contributed by atoms with Crippen LogP contribution in [0.15, 0.2) is 33.6 Å². The topological polar surface area (TPSA) is 99.1 Å². The maximum absolute atomic E-state index is 12.5. The van der Waals surface area contributed by atoms with Crippen LogP contribution in [0.3, 0.4) is 0 Å². The predicted octanol–water partition coefficient (Wildman–Crippen LogP) is 1.85. The zero-order chi connectivity index (χ0) is 22.1. The molecule has 0 bridgehead atoms. The Hall–Kier alpha value is -2.63. The highest BCUT2D eigenvalue weighted by molar-refractivity contribution is 7.90. The standard InChI is InChI=1S/C18H21F3N4O4S/c1-24-8-2-3-15(24)23-30(28,29)14-6-4-13(5-7-14)22-17(27)12-9-16(26)25(10-12)11-18(19,20)21/h4-7,12H,2-3,8-11H2,1H3,(H,22,27). The van der Waals surface area contributed by atoms with Gasteiger partial charge in [-0.2, -0.15) is 21.6 Å². The van der Waals surface area contributed by atoms with Crippen LogP contribution < -0.4 is 5.32 Å². The Morgan fingerprint density at radius 2 is 1.93 bits per heavy atom. The molecule has 0 saturated carbocycles. The second-order valence-corrected chi connectivity index (χ2v) is 8.92. The number of nitrogens with zero attached hydrogens (tertiary/aromatic N) is 3. The Bertz CT molecular complexity index is 961. The first kappa shape index (κ1) is 22.1. The minimum Gasteiger partial charge on any atom is -0.362 e. The highest BCUT2D eigenvalue weighted by atomic mass is 32.2. The zero-order valence-electron chi connectivity index (χ0n) is 16.1. The fourth-order valence-corrected chi connectivity index (χ4v) is 4.47. The second kappa shape index (κ2) is 8.25. The Balaban J connectivity index is 1.63. The largest absolute Gasteiger partial charge is 0.406 e. The van der Waals surface area contributed by atoms with Gasteiger partial charge in [0.05, 0.1) is 10.8 Å². The van der Waals surface area contributed by atoms with E-state index in [2.05, 4.69) is 9.71 Å². The number of likely N-dealkylation sites (tertiary alicyclic amines) is 2. The summed E-state index contributed by atoms with van der Waals surface area (Å²) in [7, 11) is -2.13. The number of amides is 2. The predicted molar refractivity (Wildman–Crippen MR) is 102 cm³/mol. The number of alkyl halides is 3. The molecule has 30 heavy (non-hydrogen) atoms. The van der Waals surface area contributed by atoms with E-state index in [1.165, 1.54) is 24.3 Å². The van der Waals surface area contributed by atoms with Crippen LogP contribution in [0.4, 0.5) is 18.9 Å². The van der Waals surface area contributed by atoms with E-state index in [0.29, 0.717) is 17.2 Å². The van der Waals surface area contributed by atoms with Gasteiger partial charge in [0.25, 0.3) is 10.0 Å². The first-order chi connectivity index (χ1) is 13.9. The fourth-order valence-electron chi connectivity index (χ4n) is 3.37. The summed E-state index contributed by atoms with van der Waals surface area (Å²) in [6.07, 6.45) is -3.42. The van der Waals surface area contributed by atoms with E-state index >= 15 is 0 Å². The molecule has 0 aromatic heterocycles. The van der Waals surface area contributed by atoms with Crippen LogP contribution in [0.5, 0.6) is 0 Å². The lowest BCUT2D eigenvalue weighted by atomic mass is 10.1. The molecule has 1 atom stereocenters. The Morgan fingerprint density at radius 3 is 2.50 bits per heavy atom. The molecule has 0 aliphatic carbocycles. The number of nitrogens with one attached hydrogen (secondary N) is 1. The van der Waals surface area contributed by atoms with Crippen LogP contribution in [-0.4, -0.2) is 68.7 Å². The maximum Gasteiger partial charge on any atom is 0.406 e. The van der Waals surface area contributed by atoms with Gasteiger partial charge in [-0.05, 0) is 30.7 Å². The summed E-state index contributed by atoms with van der Waals surface area (Å²) >= 11 is 0. The van der Waals surface area contributed by atoms with E-state index in [1.807, 2.05) is 0 Å². The average Bonchev–Trinajstić information content (AvgIpc) is 3.20. The molecule has 8 nitrogen and oxygen atoms in total. The van der Waals surface area contributed by atoms with Gasteiger partial charge in [-0.25, -0.2) is 0 Å². The molecule has 2 aliphatic heterocycles. The number of halogens is 3. The van der Waals surface area contributed by atoms with E-state index in [1.54, 1.807) is 11.9 Å². The fraction of sp³-hybridized carbons (Fsp3) is 0.500. The summed E-state index contributed by atoms with van der Waals surface area (Å²) in [6.45, 7) is -0.967. The Kier molecular flexibility index (Phi) is 6.06. The highest BCUT2D eigenvalue weighted by Crippen LogP contribution is 2.25. The van der Waals surface area contributed by atoms with Gasteiger partial charge in [0, 0.05) is 38.7 Å². The van der Waals surface area contributed by atoms with E-state index in [-0.39, 0.29) is 23.5 Å². The molecule has 1 aromatic carbocycles. The van der Waals surface area contributed by atoms with E-state index in [9.17, 15) is 31.2 Å². The van der Waals surface area contributed by atoms with Crippen molar-refractivity contribution >= 4 is 33.4 Å². The molecule has 164 valence electrons. The third kappa shape index (κ3) is 5.29. The summed E-state index contributed by atoms with van der Waals surface area (Å²) in [5.41, 5.74) is 0.270. The lowest BCUT2D eigenvalue weighted by molar-refractivity contribution is -0.157. The molecule has 3 rings (SSSR count). The third-order valence-corrected chi connectivity index (χ3v) is 6.25. The number of hydrogen-bond acceptors (Lipinski definition) is 4. The summed E-state index contributed by atoms with van der Waals surface area (Å²) < 4.78 is 66.2. The number of amidine groups is 1. The van der Waals surface area contributed by atoms with Crippen molar-refractivity contribution < 1.29 is 31.2 Å². The quantitative estimate of drug-likeness (QED) is 0.744. The summed E-state index contributed by atoms with van der Waals surface area (Å²) in [4.78, 5) is 26.3. The Labute approximate surface area is 171 Å². The SMILES string of the molecule is CN1CCCC1=NS(=O)(=O)c1ccc(NC(=O)C2CC(=O)N(CC(F)(F)F)C2)cc1. The van der Waals surface area contributed by atoms with Crippen LogP contribution in [-0.2, 0) is 19.6 Å². The number of carbonyl (C=O) groups excluding carboxylic acids is 2. The van der Waals surface area contributed by atoms with Gasteiger partial charge in [0.15, 0.2) is 0 Å². The minimum absolute atomic E-state index is 0.0410. The highest BCUT2D eigenvalue weighted by Gasteiger charge is 2.40. The normalized spacial score (nSPS) is 21.5. The zero-order valence-corrected chi connectivity index (χ0v) is 17.0. The van der Waals surface area contributed by atoms with E-state index < -0.39 is 40.5 Å². The number of anilines is 1.